The Morgan fingerprint density at radius 1 is 1.00 bits per heavy atom. The molecule has 2 aromatic carbocycles. The van der Waals surface area contributed by atoms with Crippen LogP contribution in [0.25, 0.3) is 0 Å². The molecule has 8 nitrogen and oxygen atoms in total. The van der Waals surface area contributed by atoms with Crippen molar-refractivity contribution in [3.63, 3.8) is 0 Å². The van der Waals surface area contributed by atoms with Crippen molar-refractivity contribution in [1.82, 2.24) is 5.32 Å². The molecule has 0 radical (unpaired) electrons. The number of nitrogens with one attached hydrogen (secondary N) is 2. The van der Waals surface area contributed by atoms with E-state index in [-0.39, 0.29) is 18.5 Å². The Bertz CT molecular complexity index is 1240. The highest BCUT2D eigenvalue weighted by atomic mass is 19.4. The van der Waals surface area contributed by atoms with Crippen molar-refractivity contribution in [1.29, 1.82) is 0 Å². The highest BCUT2D eigenvalue weighted by molar-refractivity contribution is 6.05. The topological polar surface area (TPSA) is 133 Å². The van der Waals surface area contributed by atoms with Crippen LogP contribution in [0.4, 0.5) is 18.9 Å². The molecule has 0 heterocycles. The number of hydrogen-bond acceptors (Lipinski definition) is 4. The summed E-state index contributed by atoms with van der Waals surface area (Å²) in [6.07, 6.45) is -4.21. The minimum Gasteiger partial charge on any atom is -0.481 e. The minimum atomic E-state index is -4.70. The van der Waals surface area contributed by atoms with E-state index in [9.17, 15) is 42.6 Å². The van der Waals surface area contributed by atoms with Gasteiger partial charge in [-0.2, -0.15) is 13.2 Å². The third kappa shape index (κ3) is 5.66. The molecule has 3 atom stereocenters. The van der Waals surface area contributed by atoms with Crippen LogP contribution in [0.1, 0.15) is 55.1 Å². The van der Waals surface area contributed by atoms with E-state index in [1.54, 1.807) is 20.8 Å². The van der Waals surface area contributed by atoms with Crippen LogP contribution in [0.3, 0.4) is 0 Å². The van der Waals surface area contributed by atoms with E-state index in [0.29, 0.717) is 12.0 Å². The number of rotatable bonds is 8. The summed E-state index contributed by atoms with van der Waals surface area (Å²) in [5, 5.41) is 24.3. The van der Waals surface area contributed by atoms with Gasteiger partial charge in [-0.15, -0.1) is 0 Å². The van der Waals surface area contributed by atoms with Gasteiger partial charge < -0.3 is 20.8 Å². The zero-order chi connectivity index (χ0) is 28.5. The van der Waals surface area contributed by atoms with Crippen LogP contribution in [0.5, 0.6) is 0 Å². The molecule has 2 amide bonds. The standard InChI is InChI=1S/C27H29F3N2O6/c1-25(2)19(12-13-26(25,3)24(37)38)22(34)32-20(23(35)36)14-15-8-10-16(11-9-15)31-21(33)17-6-4-5-7-18(17)27(28,29)30/h4-11,19-20H,12-14H2,1-3H3,(H,31,33)(H,32,34)(H,35,36)(H,37,38)/t19-,20+,26+/m1/s1. The van der Waals surface area contributed by atoms with Gasteiger partial charge in [-0.1, -0.05) is 38.1 Å². The van der Waals surface area contributed by atoms with Crippen LogP contribution >= 0.6 is 0 Å². The lowest BCUT2D eigenvalue weighted by Crippen LogP contribution is -2.49. The average molecular weight is 535 g/mol. The number of hydrogen-bond donors (Lipinski definition) is 4. The van der Waals surface area contributed by atoms with Gasteiger partial charge in [0.1, 0.15) is 6.04 Å². The van der Waals surface area contributed by atoms with Crippen molar-refractivity contribution < 1.29 is 42.6 Å². The highest BCUT2D eigenvalue weighted by Crippen LogP contribution is 2.56. The molecular formula is C27H29F3N2O6. The van der Waals surface area contributed by atoms with Crippen molar-refractivity contribution >= 4 is 29.4 Å². The number of aliphatic carboxylic acids is 2. The molecule has 1 saturated carbocycles. The van der Waals surface area contributed by atoms with Crippen LogP contribution in [0.15, 0.2) is 48.5 Å². The summed E-state index contributed by atoms with van der Waals surface area (Å²) in [7, 11) is 0. The second kappa shape index (κ2) is 10.5. The van der Waals surface area contributed by atoms with Crippen molar-refractivity contribution in [2.75, 3.05) is 5.32 Å². The van der Waals surface area contributed by atoms with Crippen LogP contribution in [0.2, 0.25) is 0 Å². The second-order valence-corrected chi connectivity index (χ2v) is 10.2. The molecule has 0 spiro atoms. The van der Waals surface area contributed by atoms with Gasteiger partial charge in [0.15, 0.2) is 0 Å². The van der Waals surface area contributed by atoms with Crippen molar-refractivity contribution in [3.8, 4) is 0 Å². The Kier molecular flexibility index (Phi) is 7.90. The third-order valence-corrected chi connectivity index (χ3v) is 7.76. The predicted molar refractivity (Wildman–Crippen MR) is 131 cm³/mol. The Balaban J connectivity index is 1.69. The maximum atomic E-state index is 13.2. The van der Waals surface area contributed by atoms with Crippen LogP contribution in [-0.2, 0) is 27.0 Å². The summed E-state index contributed by atoms with van der Waals surface area (Å²) >= 11 is 0. The summed E-state index contributed by atoms with van der Waals surface area (Å²) in [4.78, 5) is 49.1. The van der Waals surface area contributed by atoms with Gasteiger partial charge in [-0.25, -0.2) is 4.79 Å². The fourth-order valence-electron chi connectivity index (χ4n) is 4.90. The Morgan fingerprint density at radius 3 is 2.13 bits per heavy atom. The molecule has 1 aliphatic rings. The molecular weight excluding hydrogens is 505 g/mol. The first-order valence-electron chi connectivity index (χ1n) is 11.9. The van der Waals surface area contributed by atoms with Gasteiger partial charge in [0.05, 0.1) is 16.5 Å². The zero-order valence-electron chi connectivity index (χ0n) is 21.1. The van der Waals surface area contributed by atoms with E-state index < -0.39 is 63.8 Å². The molecule has 1 fully saturated rings. The Labute approximate surface area is 217 Å². The van der Waals surface area contributed by atoms with E-state index in [0.717, 1.165) is 12.1 Å². The molecule has 0 saturated heterocycles. The number of anilines is 1. The van der Waals surface area contributed by atoms with E-state index in [2.05, 4.69) is 10.6 Å². The van der Waals surface area contributed by atoms with Crippen molar-refractivity contribution in [2.24, 2.45) is 16.7 Å². The third-order valence-electron chi connectivity index (χ3n) is 7.76. The van der Waals surface area contributed by atoms with E-state index in [4.69, 9.17) is 0 Å². The summed E-state index contributed by atoms with van der Waals surface area (Å²) in [5.41, 5.74) is -2.94. The van der Waals surface area contributed by atoms with E-state index in [1.807, 2.05) is 0 Å². The van der Waals surface area contributed by atoms with Crippen LogP contribution in [-0.4, -0.2) is 40.0 Å². The number of benzene rings is 2. The lowest BCUT2D eigenvalue weighted by Gasteiger charge is -2.38. The SMILES string of the molecule is CC1(C)[C@@H](C(=O)N[C@@H](Cc2ccc(NC(=O)c3ccccc3C(F)(F)F)cc2)C(=O)O)CC[C@@]1(C)C(=O)O. The lowest BCUT2D eigenvalue weighted by atomic mass is 9.65. The predicted octanol–water partition coefficient (Wildman–Crippen LogP) is 4.60. The molecule has 0 aliphatic heterocycles. The molecule has 0 unspecified atom stereocenters. The van der Waals surface area contributed by atoms with Gasteiger partial charge >= 0.3 is 18.1 Å². The molecule has 0 bridgehead atoms. The Hall–Kier alpha value is -3.89. The zero-order valence-corrected chi connectivity index (χ0v) is 21.1. The largest absolute Gasteiger partial charge is 0.481 e. The normalized spacial score (nSPS) is 21.4. The molecule has 4 N–H and O–H groups in total. The number of carboxylic acids is 2. The summed E-state index contributed by atoms with van der Waals surface area (Å²) in [6, 6.07) is 8.92. The molecule has 11 heteroatoms. The monoisotopic (exact) mass is 534 g/mol. The van der Waals surface area contributed by atoms with Gasteiger partial charge in [0.25, 0.3) is 5.91 Å². The highest BCUT2D eigenvalue weighted by Gasteiger charge is 2.58. The molecule has 3 rings (SSSR count). The fraction of sp³-hybridized carbons (Fsp3) is 0.407. The number of alkyl halides is 3. The van der Waals surface area contributed by atoms with Gasteiger partial charge in [-0.05, 0) is 55.0 Å². The smallest absolute Gasteiger partial charge is 0.417 e. The first-order chi connectivity index (χ1) is 17.6. The van der Waals surface area contributed by atoms with E-state index >= 15 is 0 Å². The number of carbonyl (C=O) groups excluding carboxylic acids is 2. The van der Waals surface area contributed by atoms with Gasteiger partial charge in [0, 0.05) is 18.0 Å². The van der Waals surface area contributed by atoms with Crippen molar-refractivity contribution in [3.05, 3.63) is 65.2 Å². The Morgan fingerprint density at radius 2 is 1.61 bits per heavy atom. The van der Waals surface area contributed by atoms with Gasteiger partial charge in [0.2, 0.25) is 5.91 Å². The van der Waals surface area contributed by atoms with E-state index in [1.165, 1.54) is 36.4 Å². The fourth-order valence-corrected chi connectivity index (χ4v) is 4.90. The maximum Gasteiger partial charge on any atom is 0.417 e. The number of halogens is 3. The van der Waals surface area contributed by atoms with Crippen LogP contribution in [0, 0.1) is 16.7 Å². The molecule has 38 heavy (non-hydrogen) atoms. The molecule has 204 valence electrons. The number of amides is 2. The first-order valence-corrected chi connectivity index (χ1v) is 11.9. The summed E-state index contributed by atoms with van der Waals surface area (Å²) in [6.45, 7) is 4.96. The molecule has 1 aliphatic carbocycles. The number of carbonyl (C=O) groups is 4. The first kappa shape index (κ1) is 28.7. The molecule has 0 aromatic heterocycles. The average Bonchev–Trinajstić information content (AvgIpc) is 3.08. The minimum absolute atomic E-state index is 0.102. The summed E-state index contributed by atoms with van der Waals surface area (Å²) < 4.78 is 39.6. The van der Waals surface area contributed by atoms with Gasteiger partial charge in [-0.3, -0.25) is 14.4 Å². The van der Waals surface area contributed by atoms with Crippen LogP contribution < -0.4 is 10.6 Å². The van der Waals surface area contributed by atoms with Crippen molar-refractivity contribution in [2.45, 2.75) is 52.3 Å². The number of carboxylic acid groups (broad SMARTS) is 2. The lowest BCUT2D eigenvalue weighted by molar-refractivity contribution is -0.155. The summed E-state index contributed by atoms with van der Waals surface area (Å²) in [5.74, 6) is -4.48. The molecule has 2 aromatic rings. The maximum absolute atomic E-state index is 13.2. The second-order valence-electron chi connectivity index (χ2n) is 10.2. The quantitative estimate of drug-likeness (QED) is 0.391.